The summed E-state index contributed by atoms with van der Waals surface area (Å²) in [6, 6.07) is 27.4. The molecule has 0 unspecified atom stereocenters. The number of aromatic nitrogens is 4. The molecule has 3 aromatic carbocycles. The van der Waals surface area contributed by atoms with Crippen LogP contribution in [0.15, 0.2) is 104 Å². The average Bonchev–Trinajstić information content (AvgIpc) is 3.61. The Hall–Kier alpha value is -4.65. The Morgan fingerprint density at radius 1 is 0.886 bits per heavy atom. The molecule has 2 heterocycles. The third kappa shape index (κ3) is 4.84. The van der Waals surface area contributed by atoms with Gasteiger partial charge in [0.05, 0.1) is 24.0 Å². The van der Waals surface area contributed by atoms with E-state index in [4.69, 9.17) is 9.84 Å². The maximum Gasteiger partial charge on any atom is 0.255 e. The highest BCUT2D eigenvalue weighted by Crippen LogP contribution is 2.31. The summed E-state index contributed by atoms with van der Waals surface area (Å²) in [6.45, 7) is 0.502. The van der Waals surface area contributed by atoms with Crippen LogP contribution in [-0.2, 0) is 6.42 Å². The van der Waals surface area contributed by atoms with Gasteiger partial charge in [-0.3, -0.25) is 4.79 Å². The lowest BCUT2D eigenvalue weighted by atomic mass is 10.1. The van der Waals surface area contributed by atoms with Gasteiger partial charge in [0.15, 0.2) is 0 Å². The number of carbonyl (C=O) groups is 1. The van der Waals surface area contributed by atoms with Crippen LogP contribution in [0.3, 0.4) is 0 Å². The quantitative estimate of drug-likeness (QED) is 0.362. The Bertz CT molecular complexity index is 1410. The lowest BCUT2D eigenvalue weighted by Gasteiger charge is -2.09. The fourth-order valence-electron chi connectivity index (χ4n) is 3.94. The van der Waals surface area contributed by atoms with Crippen molar-refractivity contribution in [2.45, 2.75) is 6.42 Å². The number of hydrogen-bond acceptors (Lipinski definition) is 4. The van der Waals surface area contributed by atoms with E-state index in [1.165, 1.54) is 0 Å². The summed E-state index contributed by atoms with van der Waals surface area (Å²) >= 11 is 0. The molecule has 1 N–H and O–H groups in total. The highest BCUT2D eigenvalue weighted by Gasteiger charge is 2.21. The van der Waals surface area contributed by atoms with Gasteiger partial charge in [0, 0.05) is 30.7 Å². The molecule has 7 heteroatoms. The largest absolute Gasteiger partial charge is 0.496 e. The van der Waals surface area contributed by atoms with E-state index < -0.39 is 0 Å². The Morgan fingerprint density at radius 3 is 2.37 bits per heavy atom. The number of ether oxygens (including phenoxy) is 1. The van der Waals surface area contributed by atoms with Crippen molar-refractivity contribution in [3.05, 3.63) is 115 Å². The zero-order valence-electron chi connectivity index (χ0n) is 19.3. The van der Waals surface area contributed by atoms with Crippen molar-refractivity contribution >= 4 is 5.91 Å². The Labute approximate surface area is 203 Å². The van der Waals surface area contributed by atoms with Gasteiger partial charge >= 0.3 is 0 Å². The van der Waals surface area contributed by atoms with Crippen LogP contribution in [0.4, 0.5) is 0 Å². The molecule has 0 aliphatic carbocycles. The fraction of sp³-hybridized carbons (Fsp3) is 0.107. The first-order valence-corrected chi connectivity index (χ1v) is 11.4. The summed E-state index contributed by atoms with van der Waals surface area (Å²) in [4.78, 5) is 13.3. The Balaban J connectivity index is 1.35. The molecule has 0 radical (unpaired) electrons. The predicted molar refractivity (Wildman–Crippen MR) is 135 cm³/mol. The number of rotatable bonds is 8. The van der Waals surface area contributed by atoms with Crippen LogP contribution < -0.4 is 10.1 Å². The number of methoxy groups -OCH3 is 1. The molecule has 0 atom stereocenters. The maximum absolute atomic E-state index is 13.3. The molecule has 1 amide bonds. The molecule has 174 valence electrons. The van der Waals surface area contributed by atoms with E-state index >= 15 is 0 Å². The molecule has 0 fully saturated rings. The van der Waals surface area contributed by atoms with Gasteiger partial charge in [0.2, 0.25) is 0 Å². The smallest absolute Gasteiger partial charge is 0.255 e. The van der Waals surface area contributed by atoms with Crippen molar-refractivity contribution in [2.24, 2.45) is 0 Å². The summed E-state index contributed by atoms with van der Waals surface area (Å²) in [7, 11) is 1.62. The van der Waals surface area contributed by atoms with Gasteiger partial charge < -0.3 is 10.1 Å². The van der Waals surface area contributed by atoms with Gasteiger partial charge in [-0.25, -0.2) is 9.36 Å². The first-order chi connectivity index (χ1) is 17.2. The average molecular weight is 464 g/mol. The molecule has 0 spiro atoms. The van der Waals surface area contributed by atoms with E-state index in [0.29, 0.717) is 30.0 Å². The first kappa shape index (κ1) is 22.2. The van der Waals surface area contributed by atoms with Crippen LogP contribution in [0.2, 0.25) is 0 Å². The van der Waals surface area contributed by atoms with E-state index in [0.717, 1.165) is 22.5 Å². The fourth-order valence-corrected chi connectivity index (χ4v) is 3.94. The Kier molecular flexibility index (Phi) is 6.39. The van der Waals surface area contributed by atoms with Crippen LogP contribution in [0, 0.1) is 0 Å². The Morgan fingerprint density at radius 2 is 1.63 bits per heavy atom. The molecule has 0 saturated carbocycles. The third-order valence-electron chi connectivity index (χ3n) is 5.75. The van der Waals surface area contributed by atoms with Crippen LogP contribution in [-0.4, -0.2) is 39.1 Å². The van der Waals surface area contributed by atoms with Gasteiger partial charge in [-0.2, -0.15) is 10.2 Å². The molecule has 35 heavy (non-hydrogen) atoms. The highest BCUT2D eigenvalue weighted by atomic mass is 16.5. The summed E-state index contributed by atoms with van der Waals surface area (Å²) in [5.41, 5.74) is 4.84. The summed E-state index contributed by atoms with van der Waals surface area (Å²) < 4.78 is 9.08. The minimum atomic E-state index is -0.179. The van der Waals surface area contributed by atoms with Crippen LogP contribution >= 0.6 is 0 Å². The molecule has 7 nitrogen and oxygen atoms in total. The lowest BCUT2D eigenvalue weighted by molar-refractivity contribution is 0.0954. The number of para-hydroxylation sites is 2. The minimum Gasteiger partial charge on any atom is -0.496 e. The van der Waals surface area contributed by atoms with E-state index in [1.807, 2.05) is 83.7 Å². The number of nitrogens with one attached hydrogen (secondary N) is 1. The zero-order chi connectivity index (χ0) is 24.0. The van der Waals surface area contributed by atoms with Gasteiger partial charge in [-0.15, -0.1) is 0 Å². The van der Waals surface area contributed by atoms with E-state index in [1.54, 1.807) is 24.2 Å². The molecular formula is C28H25N5O2. The highest BCUT2D eigenvalue weighted by molar-refractivity contribution is 6.00. The maximum atomic E-state index is 13.3. The molecule has 0 aliphatic heterocycles. The van der Waals surface area contributed by atoms with Gasteiger partial charge in [-0.05, 0) is 54.4 Å². The second kappa shape index (κ2) is 10.1. The zero-order valence-corrected chi connectivity index (χ0v) is 19.3. The second-order valence-electron chi connectivity index (χ2n) is 7.99. The summed E-state index contributed by atoms with van der Waals surface area (Å²) in [6.07, 6.45) is 6.14. The van der Waals surface area contributed by atoms with Crippen LogP contribution in [0.5, 0.6) is 5.75 Å². The first-order valence-electron chi connectivity index (χ1n) is 11.4. The molecular weight excluding hydrogens is 438 g/mol. The second-order valence-corrected chi connectivity index (χ2v) is 7.99. The molecule has 5 rings (SSSR count). The predicted octanol–water partition coefficient (Wildman–Crippen LogP) is 4.71. The van der Waals surface area contributed by atoms with Gasteiger partial charge in [0.25, 0.3) is 5.91 Å². The summed E-state index contributed by atoms with van der Waals surface area (Å²) in [5.74, 6) is 0.485. The number of nitrogens with zero attached hydrogens (tertiary/aromatic N) is 4. The summed E-state index contributed by atoms with van der Waals surface area (Å²) in [5, 5.41) is 12.0. The van der Waals surface area contributed by atoms with Crippen LogP contribution in [0.25, 0.3) is 22.6 Å². The van der Waals surface area contributed by atoms with Crippen molar-refractivity contribution < 1.29 is 9.53 Å². The van der Waals surface area contributed by atoms with Crippen molar-refractivity contribution in [1.29, 1.82) is 0 Å². The van der Waals surface area contributed by atoms with E-state index in [9.17, 15) is 4.79 Å². The SMILES string of the molecule is COc1ccccc1-c1nn(-c2ccccc2)cc1C(=O)NCCc1ccc(-n2cccn2)cc1. The standard InChI is InChI=1S/C28H25N5O2/c1-35-26-11-6-5-10-24(26)27-25(20-33(31-27)22-8-3-2-4-9-22)28(34)29-18-16-21-12-14-23(15-13-21)32-19-7-17-30-32/h2-15,17,19-20H,16,18H2,1H3,(H,29,34). The van der Waals surface area contributed by atoms with Crippen molar-refractivity contribution in [2.75, 3.05) is 13.7 Å². The third-order valence-corrected chi connectivity index (χ3v) is 5.75. The number of hydrogen-bond donors (Lipinski definition) is 1. The molecule has 0 bridgehead atoms. The number of benzene rings is 3. The number of carbonyl (C=O) groups excluding carboxylic acids is 1. The normalized spacial score (nSPS) is 10.8. The van der Waals surface area contributed by atoms with E-state index in [2.05, 4.69) is 22.5 Å². The minimum absolute atomic E-state index is 0.179. The van der Waals surface area contributed by atoms with Crippen molar-refractivity contribution in [3.8, 4) is 28.4 Å². The molecule has 5 aromatic rings. The monoisotopic (exact) mass is 463 g/mol. The van der Waals surface area contributed by atoms with Crippen molar-refractivity contribution in [3.63, 3.8) is 0 Å². The molecule has 0 aliphatic rings. The van der Waals surface area contributed by atoms with Gasteiger partial charge in [-0.1, -0.05) is 42.5 Å². The molecule has 0 saturated heterocycles. The number of amides is 1. The van der Waals surface area contributed by atoms with E-state index in [-0.39, 0.29) is 5.91 Å². The lowest BCUT2D eigenvalue weighted by Crippen LogP contribution is -2.25. The molecule has 2 aromatic heterocycles. The van der Waals surface area contributed by atoms with Crippen LogP contribution in [0.1, 0.15) is 15.9 Å². The van der Waals surface area contributed by atoms with Crippen molar-refractivity contribution in [1.82, 2.24) is 24.9 Å². The topological polar surface area (TPSA) is 74.0 Å². The van der Waals surface area contributed by atoms with Gasteiger partial charge in [0.1, 0.15) is 11.4 Å².